The summed E-state index contributed by atoms with van der Waals surface area (Å²) in [4.78, 5) is 14.5. The molecule has 0 fully saturated rings. The third-order valence-corrected chi connectivity index (χ3v) is 2.11. The van der Waals surface area contributed by atoms with Crippen molar-refractivity contribution in [2.75, 3.05) is 6.54 Å². The fourth-order valence-corrected chi connectivity index (χ4v) is 1.22. The molecule has 1 aromatic heterocycles. The summed E-state index contributed by atoms with van der Waals surface area (Å²) < 4.78 is 1.98. The number of carbonyl (C=O) groups excluding carboxylic acids is 1. The molecule has 1 atom stereocenters. The lowest BCUT2D eigenvalue weighted by atomic mass is 10.3. The first-order chi connectivity index (χ1) is 7.15. The van der Waals surface area contributed by atoms with Gasteiger partial charge in [0, 0.05) is 25.8 Å². The lowest BCUT2D eigenvalue weighted by molar-refractivity contribution is -0.125. The maximum absolute atomic E-state index is 10.5. The van der Waals surface area contributed by atoms with Gasteiger partial charge >= 0.3 is 0 Å². The SMILES string of the molecule is CCn1cncc1CNCC(O)C(N)=O. The van der Waals surface area contributed by atoms with Gasteiger partial charge in [-0.05, 0) is 6.92 Å². The standard InChI is InChI=1S/C9H16N4O2/c1-2-13-6-12-4-7(13)3-11-5-8(14)9(10)15/h4,6,8,11,14H,2-3,5H2,1H3,(H2,10,15). The Balaban J connectivity index is 2.34. The molecule has 15 heavy (non-hydrogen) atoms. The Hall–Kier alpha value is -1.40. The summed E-state index contributed by atoms with van der Waals surface area (Å²) in [5.41, 5.74) is 5.91. The van der Waals surface area contributed by atoms with E-state index in [0.29, 0.717) is 6.54 Å². The minimum atomic E-state index is -1.14. The van der Waals surface area contributed by atoms with Crippen LogP contribution in [0.1, 0.15) is 12.6 Å². The van der Waals surface area contributed by atoms with Crippen LogP contribution in [-0.4, -0.2) is 33.2 Å². The Morgan fingerprint density at radius 3 is 3.13 bits per heavy atom. The highest BCUT2D eigenvalue weighted by atomic mass is 16.3. The van der Waals surface area contributed by atoms with E-state index in [2.05, 4.69) is 10.3 Å². The third kappa shape index (κ3) is 3.34. The molecule has 6 nitrogen and oxygen atoms in total. The van der Waals surface area contributed by atoms with E-state index in [9.17, 15) is 4.79 Å². The quantitative estimate of drug-likeness (QED) is 0.554. The minimum absolute atomic E-state index is 0.157. The molecule has 1 heterocycles. The molecule has 0 aliphatic carbocycles. The van der Waals surface area contributed by atoms with Crippen molar-refractivity contribution in [1.29, 1.82) is 0 Å². The molecule has 0 spiro atoms. The number of rotatable bonds is 6. The van der Waals surface area contributed by atoms with Gasteiger partial charge in [-0.15, -0.1) is 0 Å². The van der Waals surface area contributed by atoms with E-state index in [4.69, 9.17) is 10.8 Å². The van der Waals surface area contributed by atoms with Gasteiger partial charge in [0.15, 0.2) is 0 Å². The van der Waals surface area contributed by atoms with E-state index in [1.165, 1.54) is 0 Å². The molecular weight excluding hydrogens is 196 g/mol. The van der Waals surface area contributed by atoms with Crippen LogP contribution in [0.3, 0.4) is 0 Å². The summed E-state index contributed by atoms with van der Waals surface area (Å²) in [6.07, 6.45) is 2.34. The molecule has 84 valence electrons. The number of aliphatic hydroxyl groups excluding tert-OH is 1. The Labute approximate surface area is 88.1 Å². The van der Waals surface area contributed by atoms with Crippen molar-refractivity contribution in [3.8, 4) is 0 Å². The van der Waals surface area contributed by atoms with E-state index < -0.39 is 12.0 Å². The Morgan fingerprint density at radius 2 is 2.53 bits per heavy atom. The molecule has 6 heteroatoms. The van der Waals surface area contributed by atoms with Gasteiger partial charge in [0.1, 0.15) is 6.10 Å². The maximum Gasteiger partial charge on any atom is 0.247 e. The number of hydrogen-bond donors (Lipinski definition) is 3. The lowest BCUT2D eigenvalue weighted by Crippen LogP contribution is -2.37. The predicted octanol–water partition coefficient (Wildman–Crippen LogP) is -1.16. The Bertz CT molecular complexity index is 324. The number of imidazole rings is 1. The number of nitrogens with one attached hydrogen (secondary N) is 1. The smallest absolute Gasteiger partial charge is 0.247 e. The zero-order valence-corrected chi connectivity index (χ0v) is 8.68. The number of aryl methyl sites for hydroxylation is 1. The summed E-state index contributed by atoms with van der Waals surface area (Å²) in [7, 11) is 0. The zero-order valence-electron chi connectivity index (χ0n) is 8.68. The highest BCUT2D eigenvalue weighted by Gasteiger charge is 2.09. The number of hydrogen-bond acceptors (Lipinski definition) is 4. The van der Waals surface area contributed by atoms with Crippen LogP contribution in [-0.2, 0) is 17.9 Å². The molecule has 0 bridgehead atoms. The van der Waals surface area contributed by atoms with Crippen LogP contribution in [0, 0.1) is 0 Å². The van der Waals surface area contributed by atoms with Gasteiger partial charge in [-0.2, -0.15) is 0 Å². The van der Waals surface area contributed by atoms with Gasteiger partial charge in [0.05, 0.1) is 12.0 Å². The molecule has 0 aliphatic rings. The highest BCUT2D eigenvalue weighted by Crippen LogP contribution is 1.97. The number of aromatic nitrogens is 2. The topological polar surface area (TPSA) is 93.2 Å². The number of nitrogens with zero attached hydrogens (tertiary/aromatic N) is 2. The van der Waals surface area contributed by atoms with Crippen LogP contribution in [0.4, 0.5) is 0 Å². The van der Waals surface area contributed by atoms with Crippen molar-refractivity contribution in [3.63, 3.8) is 0 Å². The Kier molecular flexibility index (Phi) is 4.26. The molecule has 1 amide bonds. The summed E-state index contributed by atoms with van der Waals surface area (Å²) in [6.45, 7) is 3.57. The van der Waals surface area contributed by atoms with E-state index in [1.54, 1.807) is 12.5 Å². The fourth-order valence-electron chi connectivity index (χ4n) is 1.22. The van der Waals surface area contributed by atoms with Gasteiger partial charge < -0.3 is 20.7 Å². The lowest BCUT2D eigenvalue weighted by Gasteiger charge is -2.09. The molecule has 4 N–H and O–H groups in total. The predicted molar refractivity (Wildman–Crippen MR) is 54.8 cm³/mol. The van der Waals surface area contributed by atoms with Gasteiger partial charge in [-0.25, -0.2) is 4.98 Å². The molecular formula is C9H16N4O2. The van der Waals surface area contributed by atoms with E-state index >= 15 is 0 Å². The van der Waals surface area contributed by atoms with Crippen molar-refractivity contribution in [2.24, 2.45) is 5.73 Å². The van der Waals surface area contributed by atoms with Gasteiger partial charge in [-0.1, -0.05) is 0 Å². The van der Waals surface area contributed by atoms with Crippen molar-refractivity contribution >= 4 is 5.91 Å². The van der Waals surface area contributed by atoms with Crippen molar-refractivity contribution < 1.29 is 9.90 Å². The average Bonchev–Trinajstić information content (AvgIpc) is 2.65. The number of nitrogens with two attached hydrogens (primary N) is 1. The summed E-state index contributed by atoms with van der Waals surface area (Å²) >= 11 is 0. The van der Waals surface area contributed by atoms with Crippen LogP contribution in [0.2, 0.25) is 0 Å². The molecule has 0 radical (unpaired) electrons. The van der Waals surface area contributed by atoms with Gasteiger partial charge in [0.25, 0.3) is 0 Å². The molecule has 1 aromatic rings. The number of carbonyl (C=O) groups is 1. The average molecular weight is 212 g/mol. The van der Waals surface area contributed by atoms with Crippen LogP contribution < -0.4 is 11.1 Å². The maximum atomic E-state index is 10.5. The number of aliphatic hydroxyl groups is 1. The highest BCUT2D eigenvalue weighted by molar-refractivity contribution is 5.78. The van der Waals surface area contributed by atoms with Gasteiger partial charge in [0.2, 0.25) is 5.91 Å². The molecule has 1 rings (SSSR count). The van der Waals surface area contributed by atoms with Crippen LogP contribution in [0.25, 0.3) is 0 Å². The van der Waals surface area contributed by atoms with Crippen LogP contribution in [0.5, 0.6) is 0 Å². The third-order valence-electron chi connectivity index (χ3n) is 2.11. The zero-order chi connectivity index (χ0) is 11.3. The second-order valence-corrected chi connectivity index (χ2v) is 3.22. The van der Waals surface area contributed by atoms with Gasteiger partial charge in [-0.3, -0.25) is 4.79 Å². The fraction of sp³-hybridized carbons (Fsp3) is 0.556. The molecule has 1 unspecified atom stereocenters. The second-order valence-electron chi connectivity index (χ2n) is 3.22. The monoisotopic (exact) mass is 212 g/mol. The first kappa shape index (κ1) is 11.7. The van der Waals surface area contributed by atoms with Crippen molar-refractivity contribution in [2.45, 2.75) is 26.1 Å². The normalized spacial score (nSPS) is 12.7. The van der Waals surface area contributed by atoms with Crippen molar-refractivity contribution in [3.05, 3.63) is 18.2 Å². The Morgan fingerprint density at radius 1 is 1.80 bits per heavy atom. The van der Waals surface area contributed by atoms with E-state index in [0.717, 1.165) is 12.2 Å². The summed E-state index contributed by atoms with van der Waals surface area (Å²) in [5.74, 6) is -0.716. The minimum Gasteiger partial charge on any atom is -0.382 e. The number of amides is 1. The van der Waals surface area contributed by atoms with Crippen molar-refractivity contribution in [1.82, 2.24) is 14.9 Å². The van der Waals surface area contributed by atoms with E-state index in [1.807, 2.05) is 11.5 Å². The summed E-state index contributed by atoms with van der Waals surface area (Å²) in [6, 6.07) is 0. The van der Waals surface area contributed by atoms with Crippen LogP contribution in [0.15, 0.2) is 12.5 Å². The van der Waals surface area contributed by atoms with E-state index in [-0.39, 0.29) is 6.54 Å². The molecule has 0 saturated carbocycles. The first-order valence-corrected chi connectivity index (χ1v) is 4.82. The molecule has 0 aliphatic heterocycles. The largest absolute Gasteiger partial charge is 0.382 e. The number of primary amides is 1. The summed E-state index contributed by atoms with van der Waals surface area (Å²) in [5, 5.41) is 12.1. The molecule has 0 aromatic carbocycles. The first-order valence-electron chi connectivity index (χ1n) is 4.82. The second kappa shape index (κ2) is 5.47. The molecule has 0 saturated heterocycles. The van der Waals surface area contributed by atoms with Crippen LogP contribution >= 0.6 is 0 Å².